The van der Waals surface area contributed by atoms with Crippen LogP contribution in [0.25, 0.3) is 24.0 Å². The summed E-state index contributed by atoms with van der Waals surface area (Å²) in [6, 6.07) is 0. The first-order valence-corrected chi connectivity index (χ1v) is 6.44. The molecule has 2 rings (SSSR count). The normalized spacial score (nSPS) is 11.9. The fourth-order valence-electron chi connectivity index (χ4n) is 2.18. The fourth-order valence-corrected chi connectivity index (χ4v) is 2.18. The lowest BCUT2D eigenvalue weighted by molar-refractivity contribution is 1.05. The molecule has 0 aromatic carbocycles. The standard InChI is InChI=1S/C16H19N3/c1-5-9-11-15-13(8-4)18-16-17-12(7-3)14(10-6-2)19(15)16/h5-6,8-11H,1,4,7H2,2-3H3,(H,17,18)/b10-6-,11-9-. The monoisotopic (exact) mass is 253 g/mol. The van der Waals surface area contributed by atoms with E-state index in [0.717, 1.165) is 29.3 Å². The van der Waals surface area contributed by atoms with Crippen LogP contribution in [0.15, 0.2) is 31.4 Å². The second-order valence-electron chi connectivity index (χ2n) is 4.18. The summed E-state index contributed by atoms with van der Waals surface area (Å²) in [6.07, 6.45) is 12.5. The van der Waals surface area contributed by atoms with E-state index in [-0.39, 0.29) is 0 Å². The molecule has 0 aliphatic rings. The number of aryl methyl sites for hydroxylation is 1. The summed E-state index contributed by atoms with van der Waals surface area (Å²) in [4.78, 5) is 7.93. The van der Waals surface area contributed by atoms with Crippen molar-refractivity contribution in [3.8, 4) is 0 Å². The van der Waals surface area contributed by atoms with Crippen LogP contribution in [0, 0.1) is 0 Å². The Hall–Kier alpha value is -2.29. The minimum atomic E-state index is 0.851. The quantitative estimate of drug-likeness (QED) is 0.799. The van der Waals surface area contributed by atoms with Crippen LogP contribution in [0.4, 0.5) is 0 Å². The number of hydrogen-bond acceptors (Lipinski definition) is 1. The lowest BCUT2D eigenvalue weighted by Crippen LogP contribution is -1.92. The number of allylic oxidation sites excluding steroid dienone is 3. The molecular weight excluding hydrogens is 234 g/mol. The molecule has 0 spiro atoms. The van der Waals surface area contributed by atoms with Gasteiger partial charge in [-0.05, 0) is 31.6 Å². The zero-order valence-corrected chi connectivity index (χ0v) is 11.5. The molecule has 3 heteroatoms. The maximum Gasteiger partial charge on any atom is 0.213 e. The van der Waals surface area contributed by atoms with Crippen LogP contribution in [-0.2, 0) is 6.42 Å². The minimum absolute atomic E-state index is 0.851. The molecule has 0 aliphatic heterocycles. The first-order chi connectivity index (χ1) is 9.26. The summed E-state index contributed by atoms with van der Waals surface area (Å²) in [5.41, 5.74) is 4.22. The predicted molar refractivity (Wildman–Crippen MR) is 83.0 cm³/mol. The third kappa shape index (κ3) is 2.19. The van der Waals surface area contributed by atoms with Gasteiger partial charge in [0.25, 0.3) is 0 Å². The lowest BCUT2D eigenvalue weighted by Gasteiger charge is -2.00. The van der Waals surface area contributed by atoms with Gasteiger partial charge < -0.3 is 4.98 Å². The van der Waals surface area contributed by atoms with Gasteiger partial charge in [0.15, 0.2) is 0 Å². The Morgan fingerprint density at radius 1 is 1.26 bits per heavy atom. The van der Waals surface area contributed by atoms with Crippen LogP contribution in [0.1, 0.15) is 36.6 Å². The molecule has 0 radical (unpaired) electrons. The molecule has 1 N–H and O–H groups in total. The van der Waals surface area contributed by atoms with Gasteiger partial charge in [0.05, 0.1) is 17.1 Å². The summed E-state index contributed by atoms with van der Waals surface area (Å²) < 4.78 is 2.12. The average Bonchev–Trinajstić information content (AvgIpc) is 2.93. The van der Waals surface area contributed by atoms with E-state index in [0.29, 0.717) is 0 Å². The molecule has 0 bridgehead atoms. The van der Waals surface area contributed by atoms with Crippen molar-refractivity contribution in [2.24, 2.45) is 0 Å². The Kier molecular flexibility index (Phi) is 3.85. The van der Waals surface area contributed by atoms with E-state index in [1.165, 1.54) is 5.69 Å². The van der Waals surface area contributed by atoms with Crippen molar-refractivity contribution in [1.82, 2.24) is 14.4 Å². The highest BCUT2D eigenvalue weighted by atomic mass is 15.1. The van der Waals surface area contributed by atoms with Crippen LogP contribution >= 0.6 is 0 Å². The predicted octanol–water partition coefficient (Wildman–Crippen LogP) is 4.10. The SMILES string of the molecule is C=C/C=C\c1c(C=C)nc2[nH]c(CC)c(/C=C\C)n12. The van der Waals surface area contributed by atoms with E-state index in [9.17, 15) is 0 Å². The molecule has 0 atom stereocenters. The summed E-state index contributed by atoms with van der Waals surface area (Å²) in [5.74, 6) is 0.851. The molecule has 19 heavy (non-hydrogen) atoms. The maximum atomic E-state index is 4.57. The average molecular weight is 253 g/mol. The van der Waals surface area contributed by atoms with Gasteiger partial charge in [0, 0.05) is 5.69 Å². The van der Waals surface area contributed by atoms with Crippen molar-refractivity contribution in [2.75, 3.05) is 0 Å². The fraction of sp³-hybridized carbons (Fsp3) is 0.188. The number of H-pyrrole nitrogens is 1. The number of rotatable bonds is 5. The van der Waals surface area contributed by atoms with Crippen molar-refractivity contribution in [2.45, 2.75) is 20.3 Å². The number of imidazole rings is 2. The van der Waals surface area contributed by atoms with Crippen LogP contribution in [0.3, 0.4) is 0 Å². The molecule has 2 aromatic heterocycles. The number of aromatic amines is 1. The Balaban J connectivity index is 2.80. The summed E-state index contributed by atoms with van der Waals surface area (Å²) in [5, 5.41) is 0. The van der Waals surface area contributed by atoms with Crippen LogP contribution in [-0.4, -0.2) is 14.4 Å². The third-order valence-corrected chi connectivity index (χ3v) is 3.02. The van der Waals surface area contributed by atoms with Crippen LogP contribution in [0.2, 0.25) is 0 Å². The second kappa shape index (κ2) is 5.57. The molecule has 2 heterocycles. The molecule has 0 saturated carbocycles. The zero-order chi connectivity index (χ0) is 13.8. The first kappa shape index (κ1) is 13.1. The van der Waals surface area contributed by atoms with E-state index >= 15 is 0 Å². The zero-order valence-electron chi connectivity index (χ0n) is 11.5. The van der Waals surface area contributed by atoms with Gasteiger partial charge in [-0.25, -0.2) is 4.98 Å². The second-order valence-corrected chi connectivity index (χ2v) is 4.18. The van der Waals surface area contributed by atoms with E-state index in [4.69, 9.17) is 0 Å². The van der Waals surface area contributed by atoms with Crippen molar-refractivity contribution < 1.29 is 0 Å². The van der Waals surface area contributed by atoms with Crippen molar-refractivity contribution in [3.63, 3.8) is 0 Å². The number of aromatic nitrogens is 3. The van der Waals surface area contributed by atoms with Gasteiger partial charge >= 0.3 is 0 Å². The van der Waals surface area contributed by atoms with Gasteiger partial charge in [0.1, 0.15) is 0 Å². The first-order valence-electron chi connectivity index (χ1n) is 6.44. The topological polar surface area (TPSA) is 33.1 Å². The highest BCUT2D eigenvalue weighted by molar-refractivity contribution is 5.67. The smallest absolute Gasteiger partial charge is 0.213 e. The lowest BCUT2D eigenvalue weighted by atomic mass is 10.2. The summed E-state index contributed by atoms with van der Waals surface area (Å²) in [6.45, 7) is 11.7. The summed E-state index contributed by atoms with van der Waals surface area (Å²) in [7, 11) is 0. The largest absolute Gasteiger partial charge is 0.327 e. The van der Waals surface area contributed by atoms with Crippen molar-refractivity contribution in [3.05, 3.63) is 54.2 Å². The van der Waals surface area contributed by atoms with Crippen molar-refractivity contribution in [1.29, 1.82) is 0 Å². The third-order valence-electron chi connectivity index (χ3n) is 3.02. The van der Waals surface area contributed by atoms with E-state index in [1.807, 2.05) is 25.2 Å². The number of nitrogens with one attached hydrogen (secondary N) is 1. The summed E-state index contributed by atoms with van der Waals surface area (Å²) >= 11 is 0. The van der Waals surface area contributed by atoms with Crippen LogP contribution < -0.4 is 0 Å². The number of fused-ring (bicyclic) bond motifs is 1. The highest BCUT2D eigenvalue weighted by Gasteiger charge is 2.14. The molecule has 0 fully saturated rings. The number of hydrogen-bond donors (Lipinski definition) is 1. The highest BCUT2D eigenvalue weighted by Crippen LogP contribution is 2.22. The van der Waals surface area contributed by atoms with Gasteiger partial charge in [0.2, 0.25) is 5.78 Å². The van der Waals surface area contributed by atoms with Gasteiger partial charge in [-0.15, -0.1) is 0 Å². The Morgan fingerprint density at radius 3 is 2.63 bits per heavy atom. The van der Waals surface area contributed by atoms with E-state index in [2.05, 4.69) is 40.5 Å². The Bertz CT molecular complexity index is 666. The molecule has 0 unspecified atom stereocenters. The molecule has 0 amide bonds. The van der Waals surface area contributed by atoms with E-state index in [1.54, 1.807) is 12.2 Å². The molecular formula is C16H19N3. The molecule has 3 nitrogen and oxygen atoms in total. The molecule has 2 aromatic rings. The molecule has 98 valence electrons. The Labute approximate surface area is 113 Å². The minimum Gasteiger partial charge on any atom is -0.327 e. The van der Waals surface area contributed by atoms with Gasteiger partial charge in [-0.3, -0.25) is 4.40 Å². The maximum absolute atomic E-state index is 4.57. The van der Waals surface area contributed by atoms with Crippen LogP contribution in [0.5, 0.6) is 0 Å². The van der Waals surface area contributed by atoms with Gasteiger partial charge in [-0.2, -0.15) is 0 Å². The number of nitrogens with zero attached hydrogens (tertiary/aromatic N) is 2. The van der Waals surface area contributed by atoms with E-state index < -0.39 is 0 Å². The molecule has 0 saturated heterocycles. The van der Waals surface area contributed by atoms with Gasteiger partial charge in [-0.1, -0.05) is 38.3 Å². The molecule has 0 aliphatic carbocycles. The van der Waals surface area contributed by atoms with Crippen molar-refractivity contribution >= 4 is 24.0 Å². The Morgan fingerprint density at radius 2 is 2.05 bits per heavy atom.